The van der Waals surface area contributed by atoms with E-state index in [0.29, 0.717) is 28.1 Å². The minimum absolute atomic E-state index is 0.158. The first-order valence-electron chi connectivity index (χ1n) is 12.1. The van der Waals surface area contributed by atoms with Crippen molar-refractivity contribution in [3.05, 3.63) is 56.1 Å². The maximum absolute atomic E-state index is 15.0. The molecule has 3 aromatic heterocycles. The average molecular weight is 526 g/mol. The Morgan fingerprint density at radius 2 is 2.00 bits per heavy atom. The monoisotopic (exact) mass is 525 g/mol. The molecule has 37 heavy (non-hydrogen) atoms. The van der Waals surface area contributed by atoms with Crippen LogP contribution in [0, 0.1) is 12.7 Å². The topological polar surface area (TPSA) is 107 Å². The average Bonchev–Trinajstić information content (AvgIpc) is 3.59. The SMILES string of the molecule is Cc1sc(NC(=O)[C@H](C)n2cnc3c2c(=O)n(C)c(=O)n3C)nc1-c1ccc(N2CCC[C@@H]2C)c(F)c1. The van der Waals surface area contributed by atoms with Gasteiger partial charge in [-0.25, -0.2) is 19.2 Å². The molecule has 1 saturated heterocycles. The number of imidazole rings is 1. The Morgan fingerprint density at radius 1 is 1.24 bits per heavy atom. The van der Waals surface area contributed by atoms with Crippen molar-refractivity contribution < 1.29 is 9.18 Å². The lowest BCUT2D eigenvalue weighted by atomic mass is 10.1. The second kappa shape index (κ2) is 9.25. The molecule has 0 spiro atoms. The third kappa shape index (κ3) is 4.14. The van der Waals surface area contributed by atoms with E-state index in [1.165, 1.54) is 47.0 Å². The molecule has 1 N–H and O–H groups in total. The number of aryl methyl sites for hydroxylation is 2. The lowest BCUT2D eigenvalue weighted by Gasteiger charge is -2.24. The predicted octanol–water partition coefficient (Wildman–Crippen LogP) is 3.19. The summed E-state index contributed by atoms with van der Waals surface area (Å²) in [5, 5.41) is 3.17. The molecule has 1 aliphatic heterocycles. The van der Waals surface area contributed by atoms with Gasteiger partial charge in [-0.15, -0.1) is 11.3 Å². The van der Waals surface area contributed by atoms with Crippen LogP contribution in [0.5, 0.6) is 0 Å². The van der Waals surface area contributed by atoms with Crippen molar-refractivity contribution >= 4 is 39.2 Å². The third-order valence-corrected chi connectivity index (χ3v) is 7.97. The standard InChI is InChI=1S/C25H28FN7O3S/c1-13-7-6-10-32(13)18-9-8-16(11-17(18)26)19-15(3)37-24(28-19)29-22(34)14(2)33-12-27-21-20(33)23(35)31(5)25(36)30(21)4/h8-9,11-14H,6-7,10H2,1-5H3,(H,28,29,34)/t13-,14-/m0/s1. The molecule has 5 rings (SSSR count). The van der Waals surface area contributed by atoms with Crippen LogP contribution in [0.25, 0.3) is 22.4 Å². The number of amides is 1. The van der Waals surface area contributed by atoms with E-state index in [1.807, 2.05) is 13.0 Å². The van der Waals surface area contributed by atoms with Crippen molar-refractivity contribution in [1.29, 1.82) is 0 Å². The summed E-state index contributed by atoms with van der Waals surface area (Å²) < 4.78 is 18.7. The molecule has 10 nitrogen and oxygen atoms in total. The molecule has 0 unspecified atom stereocenters. The number of aromatic nitrogens is 5. The van der Waals surface area contributed by atoms with Crippen LogP contribution in [0.15, 0.2) is 34.1 Å². The van der Waals surface area contributed by atoms with E-state index in [4.69, 9.17) is 0 Å². The zero-order valence-corrected chi connectivity index (χ0v) is 22.1. The van der Waals surface area contributed by atoms with Gasteiger partial charge < -0.3 is 14.8 Å². The number of hydrogen-bond donors (Lipinski definition) is 1. The van der Waals surface area contributed by atoms with E-state index in [1.54, 1.807) is 13.0 Å². The van der Waals surface area contributed by atoms with Gasteiger partial charge in [0.25, 0.3) is 5.56 Å². The van der Waals surface area contributed by atoms with E-state index in [0.717, 1.165) is 28.8 Å². The van der Waals surface area contributed by atoms with Crippen LogP contribution in [0.3, 0.4) is 0 Å². The van der Waals surface area contributed by atoms with Gasteiger partial charge in [0.2, 0.25) is 5.91 Å². The summed E-state index contributed by atoms with van der Waals surface area (Å²) in [6.45, 7) is 6.45. The number of benzene rings is 1. The summed E-state index contributed by atoms with van der Waals surface area (Å²) in [6.07, 6.45) is 3.48. The molecule has 12 heteroatoms. The van der Waals surface area contributed by atoms with E-state index in [9.17, 15) is 14.4 Å². The number of nitrogens with one attached hydrogen (secondary N) is 1. The second-order valence-electron chi connectivity index (χ2n) is 9.47. The molecule has 0 bridgehead atoms. The van der Waals surface area contributed by atoms with Crippen LogP contribution in [-0.4, -0.2) is 42.2 Å². The van der Waals surface area contributed by atoms with Gasteiger partial charge in [0.1, 0.15) is 11.9 Å². The Morgan fingerprint density at radius 3 is 2.68 bits per heavy atom. The van der Waals surface area contributed by atoms with Crippen molar-refractivity contribution in [1.82, 2.24) is 23.7 Å². The van der Waals surface area contributed by atoms with Gasteiger partial charge in [0.15, 0.2) is 16.3 Å². The van der Waals surface area contributed by atoms with Crippen molar-refractivity contribution in [2.75, 3.05) is 16.8 Å². The fourth-order valence-electron chi connectivity index (χ4n) is 4.89. The Bertz CT molecular complexity index is 1650. The Kier molecular flexibility index (Phi) is 6.22. The summed E-state index contributed by atoms with van der Waals surface area (Å²) in [7, 11) is 2.90. The summed E-state index contributed by atoms with van der Waals surface area (Å²) >= 11 is 1.29. The van der Waals surface area contributed by atoms with E-state index in [2.05, 4.69) is 27.1 Å². The fraction of sp³-hybridized carbons (Fsp3) is 0.400. The third-order valence-electron chi connectivity index (χ3n) is 7.08. The van der Waals surface area contributed by atoms with Crippen molar-refractivity contribution in [3.63, 3.8) is 0 Å². The molecule has 194 valence electrons. The zero-order chi connectivity index (χ0) is 26.6. The van der Waals surface area contributed by atoms with Gasteiger partial charge in [-0.1, -0.05) is 6.07 Å². The highest BCUT2D eigenvalue weighted by Gasteiger charge is 2.25. The molecule has 1 amide bonds. The zero-order valence-electron chi connectivity index (χ0n) is 21.3. The number of thiazole rings is 1. The highest BCUT2D eigenvalue weighted by Crippen LogP contribution is 2.35. The van der Waals surface area contributed by atoms with E-state index < -0.39 is 23.2 Å². The molecular formula is C25H28FN7O3S. The Hall–Kier alpha value is -3.80. The minimum atomic E-state index is -0.804. The Balaban J connectivity index is 1.40. The molecule has 4 heterocycles. The van der Waals surface area contributed by atoms with Crippen molar-refractivity contribution in [2.45, 2.75) is 45.7 Å². The van der Waals surface area contributed by atoms with Crippen molar-refractivity contribution in [2.24, 2.45) is 14.1 Å². The lowest BCUT2D eigenvalue weighted by Crippen LogP contribution is -2.38. The second-order valence-corrected chi connectivity index (χ2v) is 10.7. The molecule has 1 aliphatic rings. The first kappa shape index (κ1) is 24.9. The molecule has 4 aromatic rings. The van der Waals surface area contributed by atoms with Gasteiger partial charge >= 0.3 is 5.69 Å². The van der Waals surface area contributed by atoms with Gasteiger partial charge in [0, 0.05) is 37.1 Å². The lowest BCUT2D eigenvalue weighted by molar-refractivity contribution is -0.118. The van der Waals surface area contributed by atoms with Gasteiger partial charge in [-0.05, 0) is 45.7 Å². The smallest absolute Gasteiger partial charge is 0.332 e. The predicted molar refractivity (Wildman–Crippen MR) is 142 cm³/mol. The minimum Gasteiger partial charge on any atom is -0.366 e. The summed E-state index contributed by atoms with van der Waals surface area (Å²) in [6, 6.07) is 4.65. The highest BCUT2D eigenvalue weighted by molar-refractivity contribution is 7.16. The fourth-order valence-corrected chi connectivity index (χ4v) is 5.73. The van der Waals surface area contributed by atoms with Crippen LogP contribution in [-0.2, 0) is 18.9 Å². The van der Waals surface area contributed by atoms with Crippen LogP contribution >= 0.6 is 11.3 Å². The molecule has 1 aromatic carbocycles. The highest BCUT2D eigenvalue weighted by atomic mass is 32.1. The largest absolute Gasteiger partial charge is 0.366 e. The quantitative estimate of drug-likeness (QED) is 0.429. The number of rotatable bonds is 5. The number of carbonyl (C=O) groups is 1. The number of nitrogens with zero attached hydrogens (tertiary/aromatic N) is 6. The van der Waals surface area contributed by atoms with Gasteiger partial charge in [-0.3, -0.25) is 18.7 Å². The summed E-state index contributed by atoms with van der Waals surface area (Å²) in [4.78, 5) is 49.7. The maximum Gasteiger partial charge on any atom is 0.332 e. The summed E-state index contributed by atoms with van der Waals surface area (Å²) in [5.41, 5.74) is 1.17. The van der Waals surface area contributed by atoms with Gasteiger partial charge in [-0.2, -0.15) is 0 Å². The molecule has 0 saturated carbocycles. The number of anilines is 2. The molecule has 1 fully saturated rings. The summed E-state index contributed by atoms with van der Waals surface area (Å²) in [5.74, 6) is -0.694. The van der Waals surface area contributed by atoms with Crippen LogP contribution in [0.4, 0.5) is 15.2 Å². The van der Waals surface area contributed by atoms with E-state index in [-0.39, 0.29) is 17.0 Å². The first-order valence-corrected chi connectivity index (χ1v) is 12.9. The molecule has 0 radical (unpaired) electrons. The molecule has 0 aliphatic carbocycles. The number of fused-ring (bicyclic) bond motifs is 1. The normalized spacial score (nSPS) is 16.5. The first-order chi connectivity index (χ1) is 17.6. The van der Waals surface area contributed by atoms with Crippen LogP contribution in [0.2, 0.25) is 0 Å². The number of hydrogen-bond acceptors (Lipinski definition) is 7. The molecular weight excluding hydrogens is 497 g/mol. The van der Waals surface area contributed by atoms with Gasteiger partial charge in [0.05, 0.1) is 17.7 Å². The Labute approximate surface area is 216 Å². The maximum atomic E-state index is 15.0. The molecule has 2 atom stereocenters. The number of carbonyl (C=O) groups excluding carboxylic acids is 1. The number of halogens is 1. The van der Waals surface area contributed by atoms with Crippen LogP contribution < -0.4 is 21.5 Å². The van der Waals surface area contributed by atoms with E-state index >= 15 is 4.39 Å². The van der Waals surface area contributed by atoms with Crippen molar-refractivity contribution in [3.8, 4) is 11.3 Å². The van der Waals surface area contributed by atoms with Crippen LogP contribution in [0.1, 0.15) is 37.6 Å².